The van der Waals surface area contributed by atoms with Gasteiger partial charge in [0.1, 0.15) is 0 Å². The van der Waals surface area contributed by atoms with E-state index in [0.717, 1.165) is 5.69 Å². The van der Waals surface area contributed by atoms with E-state index in [1.165, 1.54) is 0 Å². The number of rotatable bonds is 8. The van der Waals surface area contributed by atoms with Crippen molar-refractivity contribution in [2.24, 2.45) is 0 Å². The van der Waals surface area contributed by atoms with Crippen LogP contribution in [0.15, 0.2) is 29.2 Å². The van der Waals surface area contributed by atoms with Crippen molar-refractivity contribution in [2.45, 2.75) is 31.1 Å². The molecule has 0 fully saturated rings. The smallest absolute Gasteiger partial charge is 0.303 e. The molecule has 0 saturated carbocycles. The highest BCUT2D eigenvalue weighted by Crippen LogP contribution is 2.16. The lowest BCUT2D eigenvalue weighted by atomic mass is 10.3. The molecule has 1 rings (SSSR count). The van der Waals surface area contributed by atoms with Gasteiger partial charge >= 0.3 is 5.97 Å². The molecule has 1 aromatic rings. The number of carboxylic acids is 1. The Morgan fingerprint density at radius 1 is 1.26 bits per heavy atom. The van der Waals surface area contributed by atoms with Crippen LogP contribution in [0.4, 0.5) is 5.69 Å². The zero-order valence-electron chi connectivity index (χ0n) is 10.9. The molecule has 0 amide bonds. The van der Waals surface area contributed by atoms with E-state index < -0.39 is 15.8 Å². The third-order valence-electron chi connectivity index (χ3n) is 2.58. The highest BCUT2D eigenvalue weighted by Gasteiger charge is 2.12. The van der Waals surface area contributed by atoms with E-state index in [4.69, 9.17) is 5.11 Å². The Bertz CT molecular complexity index is 508. The van der Waals surface area contributed by atoms with Gasteiger partial charge < -0.3 is 10.4 Å². The molecule has 5 nitrogen and oxygen atoms in total. The summed E-state index contributed by atoms with van der Waals surface area (Å²) in [7, 11) is -3.17. The first-order chi connectivity index (χ1) is 8.95. The zero-order chi connectivity index (χ0) is 14.3. The molecule has 2 N–H and O–H groups in total. The number of sulfone groups is 1. The molecule has 106 valence electrons. The summed E-state index contributed by atoms with van der Waals surface area (Å²) >= 11 is 0. The molecule has 19 heavy (non-hydrogen) atoms. The summed E-state index contributed by atoms with van der Waals surface area (Å²) in [5.74, 6) is -0.666. The van der Waals surface area contributed by atoms with Gasteiger partial charge in [0, 0.05) is 18.7 Å². The summed E-state index contributed by atoms with van der Waals surface area (Å²) in [5.41, 5.74) is 0.792. The van der Waals surface area contributed by atoms with Crippen molar-refractivity contribution in [2.75, 3.05) is 17.6 Å². The standard InChI is InChI=1S/C13H19NO4S/c1-2-10-19(17,18)12-7-5-11(6-8-12)14-9-3-4-13(15)16/h5-8,14H,2-4,9-10H2,1H3,(H,15,16). The molecule has 0 aliphatic rings. The Morgan fingerprint density at radius 2 is 1.89 bits per heavy atom. The predicted octanol–water partition coefficient (Wildman–Crippen LogP) is 2.15. The molecule has 0 atom stereocenters. The number of anilines is 1. The second kappa shape index (κ2) is 7.13. The second-order valence-electron chi connectivity index (χ2n) is 4.27. The molecule has 0 unspecified atom stereocenters. The van der Waals surface area contributed by atoms with Gasteiger partial charge in [0.2, 0.25) is 0 Å². The molecule has 0 aromatic heterocycles. The highest BCUT2D eigenvalue weighted by molar-refractivity contribution is 7.91. The Kier molecular flexibility index (Phi) is 5.82. The van der Waals surface area contributed by atoms with Gasteiger partial charge in [-0.25, -0.2) is 8.42 Å². The summed E-state index contributed by atoms with van der Waals surface area (Å²) in [6.45, 7) is 2.38. The first-order valence-electron chi connectivity index (χ1n) is 6.24. The minimum absolute atomic E-state index is 0.121. The molecule has 0 aliphatic carbocycles. The minimum Gasteiger partial charge on any atom is -0.481 e. The van der Waals surface area contributed by atoms with E-state index in [1.54, 1.807) is 24.3 Å². The SMILES string of the molecule is CCCS(=O)(=O)c1ccc(NCCCC(=O)O)cc1. The molecule has 0 spiro atoms. The topological polar surface area (TPSA) is 83.5 Å². The van der Waals surface area contributed by atoms with Crippen LogP contribution in [0.3, 0.4) is 0 Å². The van der Waals surface area contributed by atoms with Crippen molar-refractivity contribution in [3.8, 4) is 0 Å². The van der Waals surface area contributed by atoms with E-state index in [0.29, 0.717) is 24.3 Å². The van der Waals surface area contributed by atoms with Crippen molar-refractivity contribution in [3.05, 3.63) is 24.3 Å². The molecular weight excluding hydrogens is 266 g/mol. The molecule has 0 radical (unpaired) electrons. The molecule has 0 aliphatic heterocycles. The van der Waals surface area contributed by atoms with E-state index >= 15 is 0 Å². The lowest BCUT2D eigenvalue weighted by Crippen LogP contribution is -2.07. The second-order valence-corrected chi connectivity index (χ2v) is 6.38. The Morgan fingerprint density at radius 3 is 2.42 bits per heavy atom. The fourth-order valence-corrected chi connectivity index (χ4v) is 2.96. The maximum Gasteiger partial charge on any atom is 0.303 e. The van der Waals surface area contributed by atoms with Crippen molar-refractivity contribution in [1.82, 2.24) is 0 Å². The van der Waals surface area contributed by atoms with Crippen LogP contribution in [0.2, 0.25) is 0 Å². The maximum absolute atomic E-state index is 11.8. The molecule has 1 aromatic carbocycles. The van der Waals surface area contributed by atoms with E-state index in [1.807, 2.05) is 6.92 Å². The van der Waals surface area contributed by atoms with Gasteiger partial charge in [-0.1, -0.05) is 6.92 Å². The highest BCUT2D eigenvalue weighted by atomic mass is 32.2. The molecule has 0 bridgehead atoms. The summed E-state index contributed by atoms with van der Waals surface area (Å²) < 4.78 is 23.6. The zero-order valence-corrected chi connectivity index (χ0v) is 11.7. The van der Waals surface area contributed by atoms with Gasteiger partial charge in [0.25, 0.3) is 0 Å². The first-order valence-corrected chi connectivity index (χ1v) is 7.89. The molecular formula is C13H19NO4S. The number of hydrogen-bond donors (Lipinski definition) is 2. The molecule has 6 heteroatoms. The van der Waals surface area contributed by atoms with Gasteiger partial charge in [-0.15, -0.1) is 0 Å². The monoisotopic (exact) mass is 285 g/mol. The van der Waals surface area contributed by atoms with Crippen LogP contribution in [-0.4, -0.2) is 31.8 Å². The normalized spacial score (nSPS) is 11.2. The van der Waals surface area contributed by atoms with Gasteiger partial charge in [0.15, 0.2) is 9.84 Å². The predicted molar refractivity (Wildman–Crippen MR) is 74.1 cm³/mol. The number of hydrogen-bond acceptors (Lipinski definition) is 4. The number of aliphatic carboxylic acids is 1. The fraction of sp³-hybridized carbons (Fsp3) is 0.462. The summed E-state index contributed by atoms with van der Waals surface area (Å²) in [4.78, 5) is 10.7. The van der Waals surface area contributed by atoms with Crippen molar-refractivity contribution in [1.29, 1.82) is 0 Å². The number of carboxylic acid groups (broad SMARTS) is 1. The number of nitrogens with one attached hydrogen (secondary N) is 1. The van der Waals surface area contributed by atoms with Crippen LogP contribution < -0.4 is 5.32 Å². The van der Waals surface area contributed by atoms with Gasteiger partial charge in [-0.05, 0) is 37.1 Å². The molecule has 0 heterocycles. The van der Waals surface area contributed by atoms with E-state index in [-0.39, 0.29) is 12.2 Å². The third-order valence-corrected chi connectivity index (χ3v) is 4.52. The van der Waals surface area contributed by atoms with Crippen LogP contribution in [0.5, 0.6) is 0 Å². The van der Waals surface area contributed by atoms with Gasteiger partial charge in [-0.3, -0.25) is 4.79 Å². The Balaban J connectivity index is 2.55. The fourth-order valence-electron chi connectivity index (χ4n) is 1.64. The average Bonchev–Trinajstić information content (AvgIpc) is 2.35. The van der Waals surface area contributed by atoms with Crippen LogP contribution in [0.1, 0.15) is 26.2 Å². The number of benzene rings is 1. The summed E-state index contributed by atoms with van der Waals surface area (Å²) in [6.07, 6.45) is 1.25. The van der Waals surface area contributed by atoms with Crippen LogP contribution in [0, 0.1) is 0 Å². The van der Waals surface area contributed by atoms with E-state index in [9.17, 15) is 13.2 Å². The van der Waals surface area contributed by atoms with Crippen molar-refractivity contribution >= 4 is 21.5 Å². The Hall–Kier alpha value is -1.56. The van der Waals surface area contributed by atoms with Crippen molar-refractivity contribution in [3.63, 3.8) is 0 Å². The minimum atomic E-state index is -3.17. The Labute approximate surface area is 113 Å². The first kappa shape index (κ1) is 15.5. The lowest BCUT2D eigenvalue weighted by molar-refractivity contribution is -0.137. The van der Waals surface area contributed by atoms with Crippen LogP contribution in [0.25, 0.3) is 0 Å². The van der Waals surface area contributed by atoms with Gasteiger partial charge in [-0.2, -0.15) is 0 Å². The van der Waals surface area contributed by atoms with Gasteiger partial charge in [0.05, 0.1) is 10.6 Å². The largest absolute Gasteiger partial charge is 0.481 e. The van der Waals surface area contributed by atoms with E-state index in [2.05, 4.69) is 5.32 Å². The number of carbonyl (C=O) groups is 1. The lowest BCUT2D eigenvalue weighted by Gasteiger charge is -2.07. The van der Waals surface area contributed by atoms with Crippen molar-refractivity contribution < 1.29 is 18.3 Å². The summed E-state index contributed by atoms with van der Waals surface area (Å²) in [6, 6.07) is 6.54. The maximum atomic E-state index is 11.8. The average molecular weight is 285 g/mol. The third kappa shape index (κ3) is 5.30. The molecule has 0 saturated heterocycles. The van der Waals surface area contributed by atoms with Crippen LogP contribution >= 0.6 is 0 Å². The quantitative estimate of drug-likeness (QED) is 0.715. The van der Waals surface area contributed by atoms with Crippen LogP contribution in [-0.2, 0) is 14.6 Å². The summed E-state index contributed by atoms with van der Waals surface area (Å²) in [5, 5.41) is 11.5.